The SMILES string of the molecule is Cc1cccc(N2C(=O)CC(Sc3ncccc3C(=O)[O-])C2=O)c1C. The molecule has 1 aromatic heterocycles. The lowest BCUT2D eigenvalue weighted by atomic mass is 10.1. The molecule has 2 aromatic rings. The molecular weight excluding hydrogens is 340 g/mol. The van der Waals surface area contributed by atoms with Crippen LogP contribution in [0.4, 0.5) is 5.69 Å². The number of rotatable bonds is 4. The van der Waals surface area contributed by atoms with Crippen LogP contribution in [0.2, 0.25) is 0 Å². The molecule has 0 saturated carbocycles. The number of hydrogen-bond acceptors (Lipinski definition) is 6. The number of carbonyl (C=O) groups excluding carboxylic acids is 3. The molecule has 1 atom stereocenters. The fraction of sp³-hybridized carbons (Fsp3) is 0.222. The van der Waals surface area contributed by atoms with Crippen LogP contribution < -0.4 is 10.0 Å². The molecule has 1 aliphatic heterocycles. The summed E-state index contributed by atoms with van der Waals surface area (Å²) in [7, 11) is 0. The fourth-order valence-corrected chi connectivity index (χ4v) is 3.80. The maximum atomic E-state index is 12.8. The second-order valence-electron chi connectivity index (χ2n) is 5.74. The third kappa shape index (κ3) is 3.15. The maximum absolute atomic E-state index is 12.8. The predicted octanol–water partition coefficient (Wildman–Crippen LogP) is 1.49. The van der Waals surface area contributed by atoms with E-state index in [9.17, 15) is 19.5 Å². The van der Waals surface area contributed by atoms with Crippen LogP contribution >= 0.6 is 11.8 Å². The molecule has 25 heavy (non-hydrogen) atoms. The summed E-state index contributed by atoms with van der Waals surface area (Å²) in [5.74, 6) is -2.03. The van der Waals surface area contributed by atoms with E-state index >= 15 is 0 Å². The number of nitrogens with zero attached hydrogens (tertiary/aromatic N) is 2. The Bertz CT molecular complexity index is 881. The van der Waals surface area contributed by atoms with Gasteiger partial charge in [0, 0.05) is 18.2 Å². The van der Waals surface area contributed by atoms with Gasteiger partial charge in [0.25, 0.3) is 0 Å². The second-order valence-corrected chi connectivity index (χ2v) is 6.93. The molecule has 0 N–H and O–H groups in total. The highest BCUT2D eigenvalue weighted by Crippen LogP contribution is 2.35. The molecule has 2 amide bonds. The van der Waals surface area contributed by atoms with Crippen LogP contribution in [-0.2, 0) is 9.59 Å². The summed E-state index contributed by atoms with van der Waals surface area (Å²) in [6.07, 6.45) is 1.44. The van der Waals surface area contributed by atoms with Crippen molar-refractivity contribution < 1.29 is 19.5 Å². The number of carboxylic acid groups (broad SMARTS) is 1. The van der Waals surface area contributed by atoms with Gasteiger partial charge in [0.2, 0.25) is 11.8 Å². The van der Waals surface area contributed by atoms with E-state index in [2.05, 4.69) is 4.98 Å². The van der Waals surface area contributed by atoms with Crippen molar-refractivity contribution >= 4 is 35.2 Å². The van der Waals surface area contributed by atoms with E-state index in [1.165, 1.54) is 23.2 Å². The van der Waals surface area contributed by atoms with Gasteiger partial charge in [-0.15, -0.1) is 0 Å². The van der Waals surface area contributed by atoms with Gasteiger partial charge in [-0.05, 0) is 43.2 Å². The van der Waals surface area contributed by atoms with Gasteiger partial charge in [-0.3, -0.25) is 9.59 Å². The lowest BCUT2D eigenvalue weighted by Gasteiger charge is -2.18. The monoisotopic (exact) mass is 355 g/mol. The van der Waals surface area contributed by atoms with Crippen LogP contribution in [0.3, 0.4) is 0 Å². The predicted molar refractivity (Wildman–Crippen MR) is 91.2 cm³/mol. The molecule has 0 bridgehead atoms. The van der Waals surface area contributed by atoms with Crippen LogP contribution in [-0.4, -0.2) is 28.0 Å². The first-order valence-electron chi connectivity index (χ1n) is 7.66. The van der Waals surface area contributed by atoms with Gasteiger partial charge in [-0.1, -0.05) is 23.9 Å². The highest BCUT2D eigenvalue weighted by atomic mass is 32.2. The molecule has 6 nitrogen and oxygen atoms in total. The van der Waals surface area contributed by atoms with E-state index < -0.39 is 11.2 Å². The van der Waals surface area contributed by atoms with Crippen molar-refractivity contribution in [1.82, 2.24) is 4.98 Å². The number of carbonyl (C=O) groups is 3. The Hall–Kier alpha value is -2.67. The van der Waals surface area contributed by atoms with Gasteiger partial charge in [0.05, 0.1) is 16.9 Å². The lowest BCUT2D eigenvalue weighted by molar-refractivity contribution is -0.255. The Kier molecular flexibility index (Phi) is 4.59. The van der Waals surface area contributed by atoms with Crippen molar-refractivity contribution in [2.75, 3.05) is 4.90 Å². The summed E-state index contributed by atoms with van der Waals surface area (Å²) in [6, 6.07) is 8.30. The molecule has 128 valence electrons. The third-order valence-corrected chi connectivity index (χ3v) is 5.37. The standard InChI is InChI=1S/C18H16N2O4S/c1-10-5-3-7-13(11(10)2)20-15(21)9-14(17(20)22)25-16-12(18(23)24)6-4-8-19-16/h3-8,14H,9H2,1-2H3,(H,23,24)/p-1. The molecule has 1 aliphatic rings. The Morgan fingerprint density at radius 2 is 2.00 bits per heavy atom. The molecule has 1 aromatic carbocycles. The summed E-state index contributed by atoms with van der Waals surface area (Å²) in [4.78, 5) is 41.5. The maximum Gasteiger partial charge on any atom is 0.247 e. The minimum Gasteiger partial charge on any atom is -0.545 e. The van der Waals surface area contributed by atoms with E-state index in [1.807, 2.05) is 19.9 Å². The molecular formula is C18H15N2O4S-. The zero-order valence-electron chi connectivity index (χ0n) is 13.7. The van der Waals surface area contributed by atoms with Crippen molar-refractivity contribution in [2.45, 2.75) is 30.5 Å². The zero-order valence-corrected chi connectivity index (χ0v) is 14.5. The number of thioether (sulfide) groups is 1. The summed E-state index contributed by atoms with van der Waals surface area (Å²) < 4.78 is 0. The number of pyridine rings is 1. The summed E-state index contributed by atoms with van der Waals surface area (Å²) >= 11 is 0.983. The quantitative estimate of drug-likeness (QED) is 0.772. The fourth-order valence-electron chi connectivity index (χ4n) is 2.70. The third-order valence-electron chi connectivity index (χ3n) is 4.17. The first-order valence-corrected chi connectivity index (χ1v) is 8.54. The minimum absolute atomic E-state index is 0.0000557. The summed E-state index contributed by atoms with van der Waals surface area (Å²) in [5, 5.41) is 10.7. The van der Waals surface area contributed by atoms with E-state index in [1.54, 1.807) is 12.1 Å². The Balaban J connectivity index is 1.90. The lowest BCUT2D eigenvalue weighted by Crippen LogP contribution is -2.32. The van der Waals surface area contributed by atoms with E-state index in [0.29, 0.717) is 5.69 Å². The first-order chi connectivity index (χ1) is 11.9. The number of amides is 2. The first kappa shape index (κ1) is 17.2. The molecule has 1 unspecified atom stereocenters. The molecule has 0 aliphatic carbocycles. The van der Waals surface area contributed by atoms with Crippen molar-refractivity contribution in [1.29, 1.82) is 0 Å². The van der Waals surface area contributed by atoms with Crippen LogP contribution in [0.1, 0.15) is 27.9 Å². The number of aromatic carboxylic acids is 1. The molecule has 1 fully saturated rings. The largest absolute Gasteiger partial charge is 0.545 e. The highest BCUT2D eigenvalue weighted by molar-refractivity contribution is 8.00. The van der Waals surface area contributed by atoms with Gasteiger partial charge in [-0.2, -0.15) is 0 Å². The normalized spacial score (nSPS) is 17.2. The van der Waals surface area contributed by atoms with Gasteiger partial charge in [0.1, 0.15) is 5.03 Å². The Morgan fingerprint density at radius 3 is 2.72 bits per heavy atom. The number of hydrogen-bond donors (Lipinski definition) is 0. The molecule has 1 saturated heterocycles. The summed E-state index contributed by atoms with van der Waals surface area (Å²) in [6.45, 7) is 3.77. The average molecular weight is 355 g/mol. The van der Waals surface area contributed by atoms with Gasteiger partial charge >= 0.3 is 0 Å². The van der Waals surface area contributed by atoms with Crippen molar-refractivity contribution in [3.63, 3.8) is 0 Å². The molecule has 0 spiro atoms. The summed E-state index contributed by atoms with van der Waals surface area (Å²) in [5.41, 5.74) is 2.33. The Labute approximate surface area is 148 Å². The molecule has 2 heterocycles. The van der Waals surface area contributed by atoms with E-state index in [-0.39, 0.29) is 28.8 Å². The number of anilines is 1. The van der Waals surface area contributed by atoms with Crippen LogP contribution in [0.15, 0.2) is 41.6 Å². The van der Waals surface area contributed by atoms with Crippen molar-refractivity contribution in [3.05, 3.63) is 53.2 Å². The smallest absolute Gasteiger partial charge is 0.247 e. The second kappa shape index (κ2) is 6.68. The number of benzene rings is 1. The van der Waals surface area contributed by atoms with E-state index in [0.717, 1.165) is 22.9 Å². The zero-order chi connectivity index (χ0) is 18.1. The minimum atomic E-state index is -1.36. The topological polar surface area (TPSA) is 90.4 Å². The van der Waals surface area contributed by atoms with Gasteiger partial charge in [0.15, 0.2) is 0 Å². The number of aromatic nitrogens is 1. The van der Waals surface area contributed by atoms with Crippen molar-refractivity contribution in [3.8, 4) is 0 Å². The number of imide groups is 1. The van der Waals surface area contributed by atoms with Crippen LogP contribution in [0, 0.1) is 13.8 Å². The van der Waals surface area contributed by atoms with Crippen LogP contribution in [0.25, 0.3) is 0 Å². The molecule has 7 heteroatoms. The highest BCUT2D eigenvalue weighted by Gasteiger charge is 2.41. The average Bonchev–Trinajstić information content (AvgIpc) is 2.85. The number of carboxylic acids is 1. The van der Waals surface area contributed by atoms with Gasteiger partial charge < -0.3 is 9.90 Å². The van der Waals surface area contributed by atoms with Crippen molar-refractivity contribution in [2.24, 2.45) is 0 Å². The van der Waals surface area contributed by atoms with E-state index in [4.69, 9.17) is 0 Å². The molecule has 3 rings (SSSR count). The number of aryl methyl sites for hydroxylation is 1. The van der Waals surface area contributed by atoms with Gasteiger partial charge in [-0.25, -0.2) is 9.88 Å². The molecule has 0 radical (unpaired) electrons. The Morgan fingerprint density at radius 1 is 1.24 bits per heavy atom. The van der Waals surface area contributed by atoms with Crippen LogP contribution in [0.5, 0.6) is 0 Å².